The molecule has 1 N–H and O–H groups in total. The summed E-state index contributed by atoms with van der Waals surface area (Å²) >= 11 is 0. The molecule has 0 amide bonds. The number of hydrogen-bond acceptors (Lipinski definition) is 4. The summed E-state index contributed by atoms with van der Waals surface area (Å²) in [4.78, 5) is 0.0886. The molecule has 1 atom stereocenters. The number of rotatable bonds is 4. The van der Waals surface area contributed by atoms with E-state index in [0.29, 0.717) is 25.4 Å². The van der Waals surface area contributed by atoms with E-state index in [1.807, 2.05) is 24.3 Å². The second-order valence-electron chi connectivity index (χ2n) is 5.53. The van der Waals surface area contributed by atoms with E-state index in [0.717, 1.165) is 17.7 Å². The Kier molecular flexibility index (Phi) is 6.40. The van der Waals surface area contributed by atoms with Crippen LogP contribution >= 0.6 is 12.4 Å². The Labute approximate surface area is 153 Å². The molecule has 1 aliphatic rings. The second-order valence-corrected chi connectivity index (χ2v) is 7.42. The molecule has 3 rings (SSSR count). The van der Waals surface area contributed by atoms with Crippen molar-refractivity contribution in [3.63, 3.8) is 0 Å². The first-order chi connectivity index (χ1) is 11.5. The zero-order valence-corrected chi connectivity index (χ0v) is 15.3. The van der Waals surface area contributed by atoms with Gasteiger partial charge in [0.05, 0.1) is 18.0 Å². The predicted molar refractivity (Wildman–Crippen MR) is 96.1 cm³/mol. The fourth-order valence-corrected chi connectivity index (χ4v) is 4.53. The fraction of sp³-hybridized carbons (Fsp3) is 0.294. The van der Waals surface area contributed by atoms with Crippen LogP contribution in [0.2, 0.25) is 0 Å². The molecule has 2 aromatic carbocycles. The number of nitrogens with zero attached hydrogens (tertiary/aromatic N) is 1. The number of sulfonamides is 1. The number of para-hydroxylation sites is 1. The monoisotopic (exact) mass is 386 g/mol. The Morgan fingerprint density at radius 3 is 2.52 bits per heavy atom. The first-order valence-electron chi connectivity index (χ1n) is 7.65. The maximum absolute atomic E-state index is 13.1. The van der Waals surface area contributed by atoms with Gasteiger partial charge in [-0.15, -0.1) is 12.4 Å². The Morgan fingerprint density at radius 2 is 1.84 bits per heavy atom. The smallest absolute Gasteiger partial charge is 0.243 e. The molecule has 2 aromatic rings. The van der Waals surface area contributed by atoms with Gasteiger partial charge in [-0.2, -0.15) is 4.31 Å². The molecular formula is C17H20ClFN2O3S. The normalized spacial score (nSPS) is 18.4. The molecule has 1 saturated heterocycles. The van der Waals surface area contributed by atoms with Crippen molar-refractivity contribution in [2.75, 3.05) is 26.7 Å². The molecule has 1 fully saturated rings. The van der Waals surface area contributed by atoms with Crippen LogP contribution < -0.4 is 10.1 Å². The molecule has 0 bridgehead atoms. The van der Waals surface area contributed by atoms with Gasteiger partial charge in [0.15, 0.2) is 0 Å². The largest absolute Gasteiger partial charge is 0.496 e. The first-order valence-corrected chi connectivity index (χ1v) is 9.09. The van der Waals surface area contributed by atoms with Crippen LogP contribution in [0.4, 0.5) is 4.39 Å². The summed E-state index contributed by atoms with van der Waals surface area (Å²) in [5, 5.41) is 3.23. The van der Waals surface area contributed by atoms with Gasteiger partial charge in [0, 0.05) is 25.2 Å². The lowest BCUT2D eigenvalue weighted by atomic mass is 10.0. The Bertz CT molecular complexity index is 815. The molecule has 0 radical (unpaired) electrons. The molecule has 0 aliphatic carbocycles. The number of hydrogen-bond donors (Lipinski definition) is 1. The molecule has 136 valence electrons. The molecule has 25 heavy (non-hydrogen) atoms. The van der Waals surface area contributed by atoms with Gasteiger partial charge in [-0.25, -0.2) is 12.8 Å². The fourth-order valence-electron chi connectivity index (χ4n) is 2.92. The quantitative estimate of drug-likeness (QED) is 0.877. The Hall–Kier alpha value is -1.67. The van der Waals surface area contributed by atoms with Gasteiger partial charge >= 0.3 is 0 Å². The molecule has 1 aliphatic heterocycles. The van der Waals surface area contributed by atoms with Crippen LogP contribution in [-0.4, -0.2) is 39.5 Å². The third-order valence-electron chi connectivity index (χ3n) is 4.11. The maximum Gasteiger partial charge on any atom is 0.243 e. The predicted octanol–water partition coefficient (Wildman–Crippen LogP) is 2.59. The number of benzene rings is 2. The van der Waals surface area contributed by atoms with E-state index in [9.17, 15) is 12.8 Å². The topological polar surface area (TPSA) is 58.6 Å². The lowest BCUT2D eigenvalue weighted by molar-refractivity contribution is 0.264. The first kappa shape index (κ1) is 19.7. The van der Waals surface area contributed by atoms with E-state index >= 15 is 0 Å². The van der Waals surface area contributed by atoms with E-state index in [-0.39, 0.29) is 23.3 Å². The van der Waals surface area contributed by atoms with Crippen molar-refractivity contribution in [1.29, 1.82) is 0 Å². The van der Waals surface area contributed by atoms with Gasteiger partial charge in [-0.3, -0.25) is 0 Å². The van der Waals surface area contributed by atoms with Crippen molar-refractivity contribution in [2.24, 2.45) is 0 Å². The average molecular weight is 387 g/mol. The van der Waals surface area contributed by atoms with Gasteiger partial charge in [-0.05, 0) is 30.3 Å². The summed E-state index contributed by atoms with van der Waals surface area (Å²) in [5.41, 5.74) is 0.804. The third kappa shape index (κ3) is 3.95. The minimum Gasteiger partial charge on any atom is -0.496 e. The van der Waals surface area contributed by atoms with Gasteiger partial charge in [0.2, 0.25) is 10.0 Å². The molecule has 8 heteroatoms. The number of ether oxygens (including phenoxy) is 1. The van der Waals surface area contributed by atoms with Crippen LogP contribution in [0.15, 0.2) is 53.4 Å². The van der Waals surface area contributed by atoms with E-state index in [1.54, 1.807) is 7.11 Å². The van der Waals surface area contributed by atoms with Crippen LogP contribution in [0, 0.1) is 5.82 Å². The molecular weight excluding hydrogens is 367 g/mol. The minimum atomic E-state index is -3.73. The van der Waals surface area contributed by atoms with Crippen molar-refractivity contribution in [1.82, 2.24) is 9.62 Å². The summed E-state index contributed by atoms with van der Waals surface area (Å²) in [6.07, 6.45) is 0. The number of piperazine rings is 1. The molecule has 0 aromatic heterocycles. The third-order valence-corrected chi connectivity index (χ3v) is 6.03. The molecule has 1 heterocycles. The summed E-state index contributed by atoms with van der Waals surface area (Å²) in [6.45, 7) is 1.38. The van der Waals surface area contributed by atoms with Crippen molar-refractivity contribution in [2.45, 2.75) is 10.9 Å². The van der Waals surface area contributed by atoms with Gasteiger partial charge < -0.3 is 10.1 Å². The average Bonchev–Trinajstić information content (AvgIpc) is 2.62. The van der Waals surface area contributed by atoms with Crippen LogP contribution in [0.5, 0.6) is 5.75 Å². The van der Waals surface area contributed by atoms with Crippen molar-refractivity contribution in [3.8, 4) is 5.75 Å². The maximum atomic E-state index is 13.1. The zero-order chi connectivity index (χ0) is 17.2. The van der Waals surface area contributed by atoms with Crippen molar-refractivity contribution in [3.05, 3.63) is 59.9 Å². The highest BCUT2D eigenvalue weighted by Gasteiger charge is 2.35. The van der Waals surface area contributed by atoms with E-state index in [4.69, 9.17) is 4.74 Å². The number of halogens is 2. The summed E-state index contributed by atoms with van der Waals surface area (Å²) in [5.74, 6) is 0.182. The zero-order valence-electron chi connectivity index (χ0n) is 13.7. The van der Waals surface area contributed by atoms with E-state index in [1.165, 1.54) is 16.4 Å². The van der Waals surface area contributed by atoms with Crippen LogP contribution in [0.3, 0.4) is 0 Å². The van der Waals surface area contributed by atoms with Gasteiger partial charge in [-0.1, -0.05) is 18.2 Å². The van der Waals surface area contributed by atoms with E-state index < -0.39 is 15.8 Å². The Morgan fingerprint density at radius 1 is 1.16 bits per heavy atom. The SMILES string of the molecule is COc1ccccc1C1CNCCN1S(=O)(=O)c1ccc(F)cc1.Cl. The van der Waals surface area contributed by atoms with Crippen LogP contribution in [0.1, 0.15) is 11.6 Å². The minimum absolute atomic E-state index is 0. The lowest BCUT2D eigenvalue weighted by Crippen LogP contribution is -2.48. The Balaban J connectivity index is 0.00000225. The van der Waals surface area contributed by atoms with Crippen LogP contribution in [-0.2, 0) is 10.0 Å². The standard InChI is InChI=1S/C17H19FN2O3S.ClH/c1-23-17-5-3-2-4-15(17)16-12-19-10-11-20(16)24(21,22)14-8-6-13(18)7-9-14;/h2-9,16,19H,10-12H2,1H3;1H. The lowest BCUT2D eigenvalue weighted by Gasteiger charge is -2.36. The summed E-state index contributed by atoms with van der Waals surface area (Å²) in [7, 11) is -2.17. The molecule has 5 nitrogen and oxygen atoms in total. The second kappa shape index (κ2) is 8.14. The number of methoxy groups -OCH3 is 1. The highest BCUT2D eigenvalue weighted by molar-refractivity contribution is 7.89. The van der Waals surface area contributed by atoms with E-state index in [2.05, 4.69) is 5.32 Å². The molecule has 0 spiro atoms. The van der Waals surface area contributed by atoms with Gasteiger partial charge in [0.1, 0.15) is 11.6 Å². The highest BCUT2D eigenvalue weighted by Crippen LogP contribution is 2.33. The summed E-state index contributed by atoms with van der Waals surface area (Å²) < 4.78 is 46.0. The molecule has 0 saturated carbocycles. The van der Waals surface area contributed by atoms with Crippen molar-refractivity contribution >= 4 is 22.4 Å². The molecule has 1 unspecified atom stereocenters. The van der Waals surface area contributed by atoms with Gasteiger partial charge in [0.25, 0.3) is 0 Å². The number of nitrogens with one attached hydrogen (secondary N) is 1. The highest BCUT2D eigenvalue weighted by atomic mass is 35.5. The van der Waals surface area contributed by atoms with Crippen molar-refractivity contribution < 1.29 is 17.5 Å². The van der Waals surface area contributed by atoms with Crippen LogP contribution in [0.25, 0.3) is 0 Å². The summed E-state index contributed by atoms with van der Waals surface area (Å²) in [6, 6.07) is 11.9.